The lowest BCUT2D eigenvalue weighted by molar-refractivity contribution is -0.371. The van der Waals surface area contributed by atoms with Crippen molar-refractivity contribution in [3.63, 3.8) is 0 Å². The van der Waals surface area contributed by atoms with E-state index in [4.69, 9.17) is 28.4 Å². The van der Waals surface area contributed by atoms with Crippen LogP contribution in [-0.2, 0) is 33.2 Å². The Kier molecular flexibility index (Phi) is 15.3. The van der Waals surface area contributed by atoms with Crippen molar-refractivity contribution in [3.05, 3.63) is 11.6 Å². The van der Waals surface area contributed by atoms with E-state index in [0.29, 0.717) is 25.7 Å². The third kappa shape index (κ3) is 8.99. The summed E-state index contributed by atoms with van der Waals surface area (Å²) in [5.41, 5.74) is -5.11. The highest BCUT2D eigenvalue weighted by Gasteiger charge is 2.74. The zero-order valence-corrected chi connectivity index (χ0v) is 40.7. The van der Waals surface area contributed by atoms with Crippen LogP contribution in [0.2, 0.25) is 0 Å². The maximum atomic E-state index is 15.0. The minimum atomic E-state index is -1.83. The maximum Gasteiger partial charge on any atom is 0.187 e. The largest absolute Gasteiger partial charge is 0.394 e. The van der Waals surface area contributed by atoms with Crippen molar-refractivity contribution in [1.29, 1.82) is 0 Å². The molecule has 4 aliphatic carbocycles. The van der Waals surface area contributed by atoms with E-state index in [0.717, 1.165) is 5.57 Å². The van der Waals surface area contributed by atoms with Gasteiger partial charge in [0.05, 0.1) is 48.8 Å². The lowest BCUT2D eigenvalue weighted by atomic mass is 9.38. The quantitative estimate of drug-likeness (QED) is 0.0912. The number of hydrogen-bond acceptors (Lipinski definition) is 20. The van der Waals surface area contributed by atoms with Gasteiger partial charge in [0, 0.05) is 23.2 Å². The van der Waals surface area contributed by atoms with Crippen molar-refractivity contribution >= 4 is 5.78 Å². The number of allylic oxidation sites excluding steroid dienone is 1. The summed E-state index contributed by atoms with van der Waals surface area (Å²) >= 11 is 0. The highest BCUT2D eigenvalue weighted by Crippen LogP contribution is 2.74. The van der Waals surface area contributed by atoms with E-state index in [1.54, 1.807) is 13.8 Å². The molecule has 7 aliphatic rings. The smallest absolute Gasteiger partial charge is 0.187 e. The van der Waals surface area contributed by atoms with Gasteiger partial charge in [-0.25, -0.2) is 0 Å². The molecule has 0 radical (unpaired) electrons. The van der Waals surface area contributed by atoms with E-state index in [1.165, 1.54) is 13.8 Å². The molecule has 3 saturated heterocycles. The molecule has 3 saturated carbocycles. The first-order valence-electron chi connectivity index (χ1n) is 24.4. The molecule has 20 nitrogen and oxygen atoms in total. The summed E-state index contributed by atoms with van der Waals surface area (Å²) < 4.78 is 35.8. The van der Waals surface area contributed by atoms with Crippen LogP contribution in [0.5, 0.6) is 0 Å². The molecule has 0 bridgehead atoms. The van der Waals surface area contributed by atoms with Crippen LogP contribution in [0.4, 0.5) is 0 Å². The highest BCUT2D eigenvalue weighted by molar-refractivity contribution is 5.88. The topological polar surface area (TPSA) is 335 Å². The lowest BCUT2D eigenvalue weighted by Gasteiger charge is -2.65. The van der Waals surface area contributed by atoms with Crippen LogP contribution in [0.25, 0.3) is 0 Å². The van der Waals surface area contributed by atoms with Crippen molar-refractivity contribution in [2.45, 2.75) is 229 Å². The summed E-state index contributed by atoms with van der Waals surface area (Å²) in [4.78, 5) is 15.0. The first-order valence-corrected chi connectivity index (χ1v) is 24.4. The molecule has 25 unspecified atom stereocenters. The monoisotopic (exact) mass is 977 g/mol. The Balaban J connectivity index is 1.12. The van der Waals surface area contributed by atoms with Crippen LogP contribution in [0.3, 0.4) is 0 Å². The van der Waals surface area contributed by atoms with Crippen LogP contribution < -0.4 is 0 Å². The molecule has 13 N–H and O–H groups in total. The molecule has 3 heterocycles. The first-order chi connectivity index (χ1) is 31.4. The number of fused-ring (bicyclic) bond motifs is 5. The molecular formula is C48H80O20. The third-order valence-electron chi connectivity index (χ3n) is 18.2. The van der Waals surface area contributed by atoms with Crippen molar-refractivity contribution in [2.75, 3.05) is 13.2 Å². The van der Waals surface area contributed by atoms with Crippen molar-refractivity contribution in [2.24, 2.45) is 39.4 Å². The van der Waals surface area contributed by atoms with Gasteiger partial charge in [-0.3, -0.25) is 4.79 Å². The van der Waals surface area contributed by atoms with Gasteiger partial charge in [-0.15, -0.1) is 0 Å². The van der Waals surface area contributed by atoms with Crippen molar-refractivity contribution in [3.8, 4) is 0 Å². The number of aliphatic hydroxyl groups is 13. The van der Waals surface area contributed by atoms with Crippen LogP contribution in [0, 0.1) is 39.4 Å². The van der Waals surface area contributed by atoms with Gasteiger partial charge in [-0.1, -0.05) is 46.3 Å². The van der Waals surface area contributed by atoms with Gasteiger partial charge in [0.25, 0.3) is 0 Å². The second-order valence-corrected chi connectivity index (χ2v) is 23.3. The summed E-state index contributed by atoms with van der Waals surface area (Å²) in [6.07, 6.45) is -22.8. The molecule has 0 spiro atoms. The zero-order valence-electron chi connectivity index (χ0n) is 40.7. The molecule has 0 aromatic rings. The summed E-state index contributed by atoms with van der Waals surface area (Å²) in [5, 5.41) is 142. The van der Waals surface area contributed by atoms with E-state index >= 15 is 4.79 Å². The minimum absolute atomic E-state index is 0.0000496. The Hall–Kier alpha value is -1.35. The summed E-state index contributed by atoms with van der Waals surface area (Å²) in [6.45, 7) is 14.9. The number of ether oxygens (including phenoxy) is 6. The second kappa shape index (κ2) is 19.2. The van der Waals surface area contributed by atoms with E-state index in [9.17, 15) is 66.4 Å². The molecule has 7 rings (SSSR count). The van der Waals surface area contributed by atoms with Gasteiger partial charge in [0.2, 0.25) is 0 Å². The molecule has 392 valence electrons. The number of hydrogen-bond donors (Lipinski definition) is 13. The number of aliphatic hydroxyl groups excluding tert-OH is 11. The fraction of sp³-hybridized carbons (Fsp3) is 0.938. The van der Waals surface area contributed by atoms with Gasteiger partial charge in [-0.2, -0.15) is 0 Å². The molecule has 20 heteroatoms. The fourth-order valence-electron chi connectivity index (χ4n) is 13.9. The number of carbonyl (C=O) groups excluding carboxylic acids is 1. The molecule has 0 aromatic carbocycles. The molecule has 3 aliphatic heterocycles. The van der Waals surface area contributed by atoms with Gasteiger partial charge in [0.15, 0.2) is 18.9 Å². The average molecular weight is 977 g/mol. The normalized spacial score (nSPS) is 50.9. The average Bonchev–Trinajstić information content (AvgIpc) is 3.47. The van der Waals surface area contributed by atoms with Crippen LogP contribution in [-0.4, -0.2) is 207 Å². The number of rotatable bonds is 13. The molecule has 0 aromatic heterocycles. The Bertz CT molecular complexity index is 1820. The first kappa shape index (κ1) is 54.4. The Morgan fingerprint density at radius 2 is 1.34 bits per heavy atom. The van der Waals surface area contributed by atoms with Crippen molar-refractivity contribution in [1.82, 2.24) is 0 Å². The minimum Gasteiger partial charge on any atom is -0.394 e. The zero-order chi connectivity index (χ0) is 50.6. The van der Waals surface area contributed by atoms with E-state index in [2.05, 4.69) is 13.0 Å². The maximum absolute atomic E-state index is 15.0. The predicted molar refractivity (Wildman–Crippen MR) is 235 cm³/mol. The van der Waals surface area contributed by atoms with Crippen molar-refractivity contribution < 1.29 is 99.6 Å². The Morgan fingerprint density at radius 3 is 1.97 bits per heavy atom. The van der Waals surface area contributed by atoms with Gasteiger partial charge >= 0.3 is 0 Å². The van der Waals surface area contributed by atoms with Crippen LogP contribution in [0.15, 0.2) is 11.6 Å². The van der Waals surface area contributed by atoms with E-state index < -0.39 is 162 Å². The van der Waals surface area contributed by atoms with Crippen LogP contribution >= 0.6 is 0 Å². The van der Waals surface area contributed by atoms with Gasteiger partial charge in [0.1, 0.15) is 72.9 Å². The van der Waals surface area contributed by atoms with E-state index in [-0.39, 0.29) is 36.9 Å². The third-order valence-corrected chi connectivity index (χ3v) is 18.2. The number of carbonyl (C=O) groups is 1. The molecule has 6 fully saturated rings. The Labute approximate surface area is 397 Å². The predicted octanol–water partition coefficient (Wildman–Crippen LogP) is -1.73. The standard InChI is InChI=1S/C48H80O20/c1-20-30(53)32(55)36(59)41(64-20)68-38-25(19-63-40-35(58)33(56)31(54)24(18-49)65-40)66-42(37(60)34(38)57)67-29-13-11-22-21(44(29,4)5)10-12-26-45(6)16-23(50)39(46(45,7)17-28(52)47(22,26)8)48(9,62)27(51)14-15-43(2,3)61/h10,20,22-27,29-42,49-51,53-62H,11-19H2,1-9H3. The second-order valence-electron chi connectivity index (χ2n) is 23.3. The Morgan fingerprint density at radius 1 is 0.750 bits per heavy atom. The molecule has 68 heavy (non-hydrogen) atoms. The highest BCUT2D eigenvalue weighted by atomic mass is 16.8. The number of Topliss-reactive ketones (excluding diaryl/α,β-unsaturated/α-hetero) is 1. The summed E-state index contributed by atoms with van der Waals surface area (Å²) in [7, 11) is 0. The van der Waals surface area contributed by atoms with Gasteiger partial charge in [-0.05, 0) is 88.9 Å². The van der Waals surface area contributed by atoms with Gasteiger partial charge < -0.3 is 94.8 Å². The summed E-state index contributed by atoms with van der Waals surface area (Å²) in [6, 6.07) is 0. The number of ketones is 1. The fourth-order valence-corrected chi connectivity index (χ4v) is 13.9. The lowest BCUT2D eigenvalue weighted by Crippen LogP contribution is -2.66. The van der Waals surface area contributed by atoms with Crippen LogP contribution in [0.1, 0.15) is 107 Å². The summed E-state index contributed by atoms with van der Waals surface area (Å²) in [5.74, 6) is -1.34. The van der Waals surface area contributed by atoms with E-state index in [1.807, 2.05) is 27.7 Å². The molecule has 25 atom stereocenters. The SMILES string of the molecule is CC1OC(OC2C(COC3OC(CO)C(O)C(O)C3O)OC(OC3CCC4C(=CCC5C4(C)C(=O)CC4(C)C(C(C)(O)C(O)CCC(C)(C)O)C(O)CC54C)C3(C)C)C(O)C2O)C(O)C(O)C1O. The molecular weight excluding hydrogens is 897 g/mol. The molecule has 0 amide bonds.